The number of carbonyl (C=O) groups is 2. The number of nitrogens with zero attached hydrogens (tertiary/aromatic N) is 3. The van der Waals surface area contributed by atoms with E-state index in [1.54, 1.807) is 25.1 Å². The van der Waals surface area contributed by atoms with E-state index in [1.807, 2.05) is 0 Å². The Morgan fingerprint density at radius 1 is 1.07 bits per heavy atom. The van der Waals surface area contributed by atoms with Crippen molar-refractivity contribution in [3.8, 4) is 5.69 Å². The molecule has 0 saturated heterocycles. The molecule has 0 fully saturated rings. The van der Waals surface area contributed by atoms with Crippen LogP contribution < -0.4 is 5.32 Å². The zero-order chi connectivity index (χ0) is 20.3. The van der Waals surface area contributed by atoms with E-state index in [1.165, 1.54) is 48.2 Å². The van der Waals surface area contributed by atoms with Crippen molar-refractivity contribution in [1.82, 2.24) is 9.78 Å². The first-order valence-electron chi connectivity index (χ1n) is 8.20. The Morgan fingerprint density at radius 3 is 2.25 bits per heavy atom. The lowest BCUT2D eigenvalue weighted by molar-refractivity contribution is -0.384. The predicted octanol–water partition coefficient (Wildman–Crippen LogP) is 3.13. The number of ether oxygens (including phenoxy) is 1. The van der Waals surface area contributed by atoms with Crippen LogP contribution in [0.5, 0.6) is 0 Å². The van der Waals surface area contributed by atoms with Gasteiger partial charge in [-0.05, 0) is 43.3 Å². The quantitative estimate of drug-likeness (QED) is 0.413. The number of nitro groups is 1. The number of aryl methyl sites for hydroxylation is 1. The van der Waals surface area contributed by atoms with Gasteiger partial charge in [0.2, 0.25) is 0 Å². The Balaban J connectivity index is 1.84. The molecule has 0 spiro atoms. The number of benzene rings is 2. The summed E-state index contributed by atoms with van der Waals surface area (Å²) in [6.07, 6.45) is 0. The number of carbonyl (C=O) groups excluding carboxylic acids is 2. The summed E-state index contributed by atoms with van der Waals surface area (Å²) in [5.41, 5.74) is 1.88. The molecule has 28 heavy (non-hydrogen) atoms. The highest BCUT2D eigenvalue weighted by molar-refractivity contribution is 6.04. The van der Waals surface area contributed by atoms with Crippen molar-refractivity contribution in [1.29, 1.82) is 0 Å². The molecule has 0 atom stereocenters. The summed E-state index contributed by atoms with van der Waals surface area (Å²) in [5.74, 6) is -0.466. The Hall–Kier alpha value is -4.01. The molecule has 0 aliphatic carbocycles. The average molecular weight is 380 g/mol. The van der Waals surface area contributed by atoms with Crippen LogP contribution in [-0.4, -0.2) is 33.7 Å². The van der Waals surface area contributed by atoms with E-state index in [4.69, 9.17) is 0 Å². The molecule has 142 valence electrons. The molecule has 1 amide bonds. The molecule has 3 rings (SSSR count). The van der Waals surface area contributed by atoms with Crippen LogP contribution >= 0.6 is 0 Å². The smallest absolute Gasteiger partial charge is 0.337 e. The molecule has 1 N–H and O–H groups in total. The van der Waals surface area contributed by atoms with Gasteiger partial charge in [-0.1, -0.05) is 0 Å². The standard InChI is InChI=1S/C19H16N4O5/c1-12-11-17(22(21-12)15-7-9-16(10-8-15)23(26)27)20-18(24)13-3-5-14(6-4-13)19(25)28-2/h3-11H,1-2H3,(H,20,24). The van der Waals surface area contributed by atoms with Gasteiger partial charge >= 0.3 is 5.97 Å². The zero-order valence-corrected chi connectivity index (χ0v) is 15.1. The van der Waals surface area contributed by atoms with E-state index >= 15 is 0 Å². The van der Waals surface area contributed by atoms with Crippen LogP contribution in [0, 0.1) is 17.0 Å². The van der Waals surface area contributed by atoms with Crippen LogP contribution in [0.3, 0.4) is 0 Å². The van der Waals surface area contributed by atoms with Gasteiger partial charge in [0, 0.05) is 23.8 Å². The number of amides is 1. The molecule has 9 heteroatoms. The highest BCUT2D eigenvalue weighted by Gasteiger charge is 2.14. The lowest BCUT2D eigenvalue weighted by Gasteiger charge is -2.09. The minimum Gasteiger partial charge on any atom is -0.465 e. The van der Waals surface area contributed by atoms with Crippen LogP contribution in [0.2, 0.25) is 0 Å². The maximum Gasteiger partial charge on any atom is 0.337 e. The van der Waals surface area contributed by atoms with Crippen LogP contribution in [0.1, 0.15) is 26.4 Å². The maximum atomic E-state index is 12.5. The molecule has 1 aromatic heterocycles. The van der Waals surface area contributed by atoms with Crippen molar-refractivity contribution < 1.29 is 19.2 Å². The van der Waals surface area contributed by atoms with Crippen molar-refractivity contribution >= 4 is 23.4 Å². The molecule has 2 aromatic carbocycles. The summed E-state index contributed by atoms with van der Waals surface area (Å²) in [4.78, 5) is 34.3. The minimum absolute atomic E-state index is 0.0380. The van der Waals surface area contributed by atoms with Gasteiger partial charge in [-0.3, -0.25) is 14.9 Å². The molecule has 0 aliphatic rings. The monoisotopic (exact) mass is 380 g/mol. The summed E-state index contributed by atoms with van der Waals surface area (Å²) in [6.45, 7) is 1.77. The van der Waals surface area contributed by atoms with Gasteiger partial charge < -0.3 is 10.1 Å². The van der Waals surface area contributed by atoms with Crippen molar-refractivity contribution in [2.75, 3.05) is 12.4 Å². The number of hydrogen-bond donors (Lipinski definition) is 1. The lowest BCUT2D eigenvalue weighted by Crippen LogP contribution is -2.15. The van der Waals surface area contributed by atoms with Gasteiger partial charge in [-0.2, -0.15) is 5.10 Å². The number of hydrogen-bond acceptors (Lipinski definition) is 6. The normalized spacial score (nSPS) is 10.4. The number of methoxy groups -OCH3 is 1. The summed E-state index contributed by atoms with van der Waals surface area (Å²) >= 11 is 0. The lowest BCUT2D eigenvalue weighted by atomic mass is 10.1. The topological polar surface area (TPSA) is 116 Å². The fraction of sp³-hybridized carbons (Fsp3) is 0.105. The Bertz CT molecular complexity index is 1040. The third-order valence-corrected chi connectivity index (χ3v) is 3.95. The second-order valence-corrected chi connectivity index (χ2v) is 5.88. The second kappa shape index (κ2) is 7.70. The van der Waals surface area contributed by atoms with Crippen molar-refractivity contribution in [3.05, 3.63) is 81.5 Å². The van der Waals surface area contributed by atoms with Crippen LogP contribution in [-0.2, 0) is 4.74 Å². The van der Waals surface area contributed by atoms with E-state index in [0.29, 0.717) is 28.3 Å². The number of nitro benzene ring substituents is 1. The SMILES string of the molecule is COC(=O)c1ccc(C(=O)Nc2cc(C)nn2-c2ccc([N+](=O)[O-])cc2)cc1. The van der Waals surface area contributed by atoms with E-state index in [9.17, 15) is 19.7 Å². The largest absolute Gasteiger partial charge is 0.465 e. The third-order valence-electron chi connectivity index (χ3n) is 3.95. The third kappa shape index (κ3) is 3.88. The van der Waals surface area contributed by atoms with Gasteiger partial charge in [0.1, 0.15) is 5.82 Å². The van der Waals surface area contributed by atoms with Gasteiger partial charge in [-0.15, -0.1) is 0 Å². The summed E-state index contributed by atoms with van der Waals surface area (Å²) in [7, 11) is 1.28. The minimum atomic E-state index is -0.487. The molecular formula is C19H16N4O5. The fourth-order valence-electron chi connectivity index (χ4n) is 2.56. The van der Waals surface area contributed by atoms with Gasteiger partial charge in [0.25, 0.3) is 11.6 Å². The number of rotatable bonds is 5. The number of non-ortho nitro benzene ring substituents is 1. The maximum absolute atomic E-state index is 12.5. The highest BCUT2D eigenvalue weighted by Crippen LogP contribution is 2.21. The van der Waals surface area contributed by atoms with Gasteiger partial charge in [-0.25, -0.2) is 9.48 Å². The van der Waals surface area contributed by atoms with E-state index < -0.39 is 10.9 Å². The van der Waals surface area contributed by atoms with Crippen LogP contribution in [0.4, 0.5) is 11.5 Å². The number of esters is 1. The molecule has 0 radical (unpaired) electrons. The van der Waals surface area contributed by atoms with Gasteiger partial charge in [0.15, 0.2) is 0 Å². The fourth-order valence-corrected chi connectivity index (χ4v) is 2.56. The second-order valence-electron chi connectivity index (χ2n) is 5.88. The molecule has 0 saturated carbocycles. The van der Waals surface area contributed by atoms with Crippen molar-refractivity contribution in [2.45, 2.75) is 6.92 Å². The molecule has 0 aliphatic heterocycles. The predicted molar refractivity (Wildman–Crippen MR) is 101 cm³/mol. The summed E-state index contributed by atoms with van der Waals surface area (Å²) in [5, 5.41) is 17.9. The Labute approximate surface area is 159 Å². The Morgan fingerprint density at radius 2 is 1.68 bits per heavy atom. The zero-order valence-electron chi connectivity index (χ0n) is 15.1. The number of anilines is 1. The molecular weight excluding hydrogens is 364 g/mol. The van der Waals surface area contributed by atoms with E-state index in [-0.39, 0.29) is 11.6 Å². The molecule has 3 aromatic rings. The van der Waals surface area contributed by atoms with Crippen LogP contribution in [0.15, 0.2) is 54.6 Å². The first-order chi connectivity index (χ1) is 13.4. The average Bonchev–Trinajstić information content (AvgIpc) is 3.07. The Kier molecular flexibility index (Phi) is 5.16. The van der Waals surface area contributed by atoms with E-state index in [2.05, 4.69) is 15.2 Å². The summed E-state index contributed by atoms with van der Waals surface area (Å²) < 4.78 is 6.12. The number of aromatic nitrogens is 2. The molecule has 0 bridgehead atoms. The first kappa shape index (κ1) is 18.8. The van der Waals surface area contributed by atoms with Crippen molar-refractivity contribution in [2.24, 2.45) is 0 Å². The van der Waals surface area contributed by atoms with Crippen molar-refractivity contribution in [3.63, 3.8) is 0 Å². The van der Waals surface area contributed by atoms with E-state index in [0.717, 1.165) is 0 Å². The molecule has 9 nitrogen and oxygen atoms in total. The number of nitrogens with one attached hydrogen (secondary N) is 1. The summed E-state index contributed by atoms with van der Waals surface area (Å²) in [6, 6.07) is 13.5. The first-order valence-corrected chi connectivity index (χ1v) is 8.20. The van der Waals surface area contributed by atoms with Crippen LogP contribution in [0.25, 0.3) is 5.69 Å². The molecule has 0 unspecified atom stereocenters. The van der Waals surface area contributed by atoms with Gasteiger partial charge in [0.05, 0.1) is 29.0 Å². The molecule has 1 heterocycles. The highest BCUT2D eigenvalue weighted by atomic mass is 16.6.